The molecule has 2 bridgehead atoms. The van der Waals surface area contributed by atoms with Crippen molar-refractivity contribution in [3.8, 4) is 5.75 Å². The third kappa shape index (κ3) is 2.49. The fourth-order valence-corrected chi connectivity index (χ4v) is 7.65. The minimum absolute atomic E-state index is 0.170. The van der Waals surface area contributed by atoms with Crippen LogP contribution in [0.3, 0.4) is 0 Å². The van der Waals surface area contributed by atoms with E-state index in [4.69, 9.17) is 4.74 Å². The molecular formula is C24H32O4. The number of carbonyl (C=O) groups is 2. The average molecular weight is 385 g/mol. The summed E-state index contributed by atoms with van der Waals surface area (Å²) in [6.45, 7) is 10.9. The molecule has 3 saturated carbocycles. The molecule has 0 heterocycles. The predicted molar refractivity (Wildman–Crippen MR) is 108 cm³/mol. The fourth-order valence-electron chi connectivity index (χ4n) is 7.65. The highest BCUT2D eigenvalue weighted by atomic mass is 16.5. The van der Waals surface area contributed by atoms with Gasteiger partial charge in [-0.15, -0.1) is 0 Å². The minimum Gasteiger partial charge on any atom is -0.478 e. The van der Waals surface area contributed by atoms with E-state index in [1.807, 2.05) is 6.07 Å². The molecule has 0 amide bonds. The average Bonchev–Trinajstić information content (AvgIpc) is 3.03. The number of hydrogen-bond donors (Lipinski definition) is 1. The summed E-state index contributed by atoms with van der Waals surface area (Å²) >= 11 is 0. The number of benzene rings is 1. The Hall–Kier alpha value is -1.84. The molecule has 1 N–H and O–H groups in total. The lowest BCUT2D eigenvalue weighted by molar-refractivity contribution is -0.131. The number of rotatable bonds is 3. The van der Waals surface area contributed by atoms with E-state index in [0.29, 0.717) is 28.6 Å². The fraction of sp³-hybridized carbons (Fsp3) is 0.667. The Morgan fingerprint density at radius 2 is 1.82 bits per heavy atom. The van der Waals surface area contributed by atoms with Crippen LogP contribution in [-0.4, -0.2) is 17.0 Å². The summed E-state index contributed by atoms with van der Waals surface area (Å²) in [5.74, 6) is 1.04. The van der Waals surface area contributed by atoms with E-state index in [0.717, 1.165) is 24.3 Å². The van der Waals surface area contributed by atoms with Crippen molar-refractivity contribution >= 4 is 11.9 Å². The van der Waals surface area contributed by atoms with Crippen LogP contribution in [-0.2, 0) is 10.2 Å². The number of ether oxygens (including phenoxy) is 1. The van der Waals surface area contributed by atoms with Gasteiger partial charge in [0.25, 0.3) is 0 Å². The topological polar surface area (TPSA) is 63.6 Å². The lowest BCUT2D eigenvalue weighted by Gasteiger charge is -2.48. The maximum absolute atomic E-state index is 12.0. The molecular weight excluding hydrogens is 352 g/mol. The number of aromatic carboxylic acids is 1. The van der Waals surface area contributed by atoms with Crippen LogP contribution in [0.15, 0.2) is 18.2 Å². The van der Waals surface area contributed by atoms with Crippen LogP contribution < -0.4 is 4.74 Å². The maximum atomic E-state index is 12.0. The molecule has 4 heteroatoms. The highest BCUT2D eigenvalue weighted by Gasteiger charge is 2.68. The van der Waals surface area contributed by atoms with Crippen LogP contribution in [0.2, 0.25) is 0 Å². The summed E-state index contributed by atoms with van der Waals surface area (Å²) in [6.07, 6.45) is 5.94. The SMILES string of the molecule is CC(=O)Oc1ccc(C(=O)O)c(C2(C)CC[C@@]34C[C@@H]2C(C)(C)[C@@H]3CCC4C)c1. The number of carboxylic acids is 1. The second-order valence-corrected chi connectivity index (χ2v) is 10.4. The molecule has 5 atom stereocenters. The highest BCUT2D eigenvalue weighted by molar-refractivity contribution is 5.90. The van der Waals surface area contributed by atoms with E-state index in [1.165, 1.54) is 26.2 Å². The summed E-state index contributed by atoms with van der Waals surface area (Å²) < 4.78 is 5.32. The Labute approximate surface area is 167 Å². The lowest BCUT2D eigenvalue weighted by Crippen LogP contribution is -2.43. The normalized spacial score (nSPS) is 38.1. The van der Waals surface area contributed by atoms with Gasteiger partial charge in [0.2, 0.25) is 0 Å². The molecule has 0 saturated heterocycles. The quantitative estimate of drug-likeness (QED) is 0.557. The predicted octanol–water partition coefficient (Wildman–Crippen LogP) is 5.44. The van der Waals surface area contributed by atoms with Crippen LogP contribution in [0.5, 0.6) is 5.75 Å². The Bertz CT molecular complexity index is 841. The molecule has 0 aliphatic heterocycles. The standard InChI is InChI=1S/C24H32O4/c1-14-6-9-19-22(3,4)20-13-24(14,19)11-10-23(20,5)18-12-16(28-15(2)25)7-8-17(18)21(26)27/h7-8,12,14,19-20H,6,9-11,13H2,1-5H3,(H,26,27)/t14?,19-,20+,23?,24-/m0/s1. The molecule has 0 radical (unpaired) electrons. The van der Waals surface area contributed by atoms with Crippen LogP contribution in [0.25, 0.3) is 0 Å². The number of fused-ring (bicyclic) bond motifs is 1. The third-order valence-electron chi connectivity index (χ3n) is 8.92. The molecule has 28 heavy (non-hydrogen) atoms. The van der Waals surface area contributed by atoms with Crippen LogP contribution >= 0.6 is 0 Å². The van der Waals surface area contributed by atoms with Crippen molar-refractivity contribution in [3.05, 3.63) is 29.3 Å². The molecule has 1 aromatic carbocycles. The third-order valence-corrected chi connectivity index (χ3v) is 8.92. The maximum Gasteiger partial charge on any atom is 0.335 e. The first-order chi connectivity index (χ1) is 13.0. The Morgan fingerprint density at radius 3 is 2.46 bits per heavy atom. The van der Waals surface area contributed by atoms with Crippen LogP contribution in [0.4, 0.5) is 0 Å². The van der Waals surface area contributed by atoms with Crippen molar-refractivity contribution in [3.63, 3.8) is 0 Å². The van der Waals surface area contributed by atoms with Crippen molar-refractivity contribution in [2.45, 2.75) is 72.1 Å². The van der Waals surface area contributed by atoms with Gasteiger partial charge in [0.05, 0.1) is 5.56 Å². The summed E-state index contributed by atoms with van der Waals surface area (Å²) in [4.78, 5) is 23.5. The minimum atomic E-state index is -0.907. The van der Waals surface area contributed by atoms with E-state index in [-0.39, 0.29) is 16.8 Å². The first kappa shape index (κ1) is 19.5. The zero-order valence-electron chi connectivity index (χ0n) is 17.7. The lowest BCUT2D eigenvalue weighted by atomic mass is 9.56. The van der Waals surface area contributed by atoms with E-state index in [2.05, 4.69) is 27.7 Å². The summed E-state index contributed by atoms with van der Waals surface area (Å²) in [7, 11) is 0. The van der Waals surface area contributed by atoms with Crippen LogP contribution in [0.1, 0.15) is 82.6 Å². The summed E-state index contributed by atoms with van der Waals surface area (Å²) in [5, 5.41) is 9.88. The summed E-state index contributed by atoms with van der Waals surface area (Å²) in [5.41, 5.74) is 1.53. The van der Waals surface area contributed by atoms with Gasteiger partial charge in [0.15, 0.2) is 0 Å². The Kier molecular flexibility index (Phi) is 4.23. The van der Waals surface area contributed by atoms with Gasteiger partial charge >= 0.3 is 11.9 Å². The zero-order chi connectivity index (χ0) is 20.5. The first-order valence-electron chi connectivity index (χ1n) is 10.6. The monoisotopic (exact) mass is 384 g/mol. The molecule has 4 rings (SSSR count). The van der Waals surface area contributed by atoms with E-state index in [9.17, 15) is 14.7 Å². The van der Waals surface area contributed by atoms with E-state index in [1.54, 1.807) is 12.1 Å². The summed E-state index contributed by atoms with van der Waals surface area (Å²) in [6, 6.07) is 5.02. The Balaban J connectivity index is 1.83. The molecule has 2 unspecified atom stereocenters. The number of hydrogen-bond acceptors (Lipinski definition) is 3. The molecule has 3 aliphatic rings. The zero-order valence-corrected chi connectivity index (χ0v) is 17.7. The molecule has 3 fully saturated rings. The van der Waals surface area contributed by atoms with Gasteiger partial charge in [0, 0.05) is 6.92 Å². The first-order valence-corrected chi connectivity index (χ1v) is 10.6. The molecule has 1 aromatic rings. The van der Waals surface area contributed by atoms with Gasteiger partial charge in [-0.2, -0.15) is 0 Å². The second-order valence-electron chi connectivity index (χ2n) is 10.4. The van der Waals surface area contributed by atoms with Gasteiger partial charge < -0.3 is 9.84 Å². The Morgan fingerprint density at radius 1 is 1.11 bits per heavy atom. The van der Waals surface area contributed by atoms with E-state index >= 15 is 0 Å². The molecule has 1 spiro atoms. The molecule has 0 aromatic heterocycles. The van der Waals surface area contributed by atoms with Gasteiger partial charge in [0.1, 0.15) is 5.75 Å². The second kappa shape index (κ2) is 6.08. The van der Waals surface area contributed by atoms with Crippen molar-refractivity contribution in [1.82, 2.24) is 0 Å². The van der Waals surface area contributed by atoms with Crippen molar-refractivity contribution in [1.29, 1.82) is 0 Å². The number of esters is 1. The number of carboxylic acid groups (broad SMARTS) is 1. The molecule has 152 valence electrons. The van der Waals surface area contributed by atoms with Gasteiger partial charge in [-0.05, 0) is 89.9 Å². The smallest absolute Gasteiger partial charge is 0.335 e. The molecule has 4 nitrogen and oxygen atoms in total. The van der Waals surface area contributed by atoms with Crippen LogP contribution in [0, 0.1) is 28.6 Å². The number of carbonyl (C=O) groups excluding carboxylic acids is 1. The van der Waals surface area contributed by atoms with E-state index < -0.39 is 5.97 Å². The largest absolute Gasteiger partial charge is 0.478 e. The van der Waals surface area contributed by atoms with Gasteiger partial charge in [-0.3, -0.25) is 4.79 Å². The van der Waals surface area contributed by atoms with Crippen molar-refractivity contribution in [2.75, 3.05) is 0 Å². The highest BCUT2D eigenvalue weighted by Crippen LogP contribution is 2.75. The van der Waals surface area contributed by atoms with Crippen molar-refractivity contribution in [2.24, 2.45) is 28.6 Å². The van der Waals surface area contributed by atoms with Gasteiger partial charge in [-0.25, -0.2) is 4.79 Å². The van der Waals surface area contributed by atoms with Gasteiger partial charge in [-0.1, -0.05) is 27.7 Å². The van der Waals surface area contributed by atoms with Crippen molar-refractivity contribution < 1.29 is 19.4 Å². The molecule has 3 aliphatic carbocycles.